The Labute approximate surface area is 114 Å². The van der Waals surface area contributed by atoms with E-state index in [1.807, 2.05) is 24.3 Å². The van der Waals surface area contributed by atoms with Gasteiger partial charge in [-0.15, -0.1) is 0 Å². The number of rotatable bonds is 6. The molecule has 1 aromatic carbocycles. The van der Waals surface area contributed by atoms with Crippen molar-refractivity contribution in [2.45, 2.75) is 43.8 Å². The van der Waals surface area contributed by atoms with Crippen molar-refractivity contribution in [1.29, 1.82) is 0 Å². The number of nitrogens with two attached hydrogens (primary N) is 1. The summed E-state index contributed by atoms with van der Waals surface area (Å²) < 4.78 is 5.67. The topological polar surface area (TPSA) is 75.7 Å². The smallest absolute Gasteiger partial charge is 0.119 e. The van der Waals surface area contributed by atoms with Gasteiger partial charge in [-0.05, 0) is 43.5 Å². The van der Waals surface area contributed by atoms with E-state index in [1.54, 1.807) is 0 Å². The largest absolute Gasteiger partial charge is 0.491 e. The van der Waals surface area contributed by atoms with E-state index in [9.17, 15) is 10.2 Å². The molecule has 0 spiro atoms. The molecule has 0 radical (unpaired) electrons. The van der Waals surface area contributed by atoms with E-state index in [0.717, 1.165) is 31.2 Å². The predicted octanol–water partition coefficient (Wildman–Crippen LogP) is 1.75. The summed E-state index contributed by atoms with van der Waals surface area (Å²) in [6, 6.07) is 7.37. The normalized spacial score (nSPS) is 19.3. The van der Waals surface area contributed by atoms with Gasteiger partial charge in [0, 0.05) is 0 Å². The number of aliphatic hydroxyl groups excluding tert-OH is 1. The Morgan fingerprint density at radius 1 is 1.32 bits per heavy atom. The van der Waals surface area contributed by atoms with Gasteiger partial charge in [0.2, 0.25) is 0 Å². The molecule has 1 atom stereocenters. The van der Waals surface area contributed by atoms with Gasteiger partial charge in [0.25, 0.3) is 0 Å². The highest BCUT2D eigenvalue weighted by Gasteiger charge is 2.31. The van der Waals surface area contributed by atoms with E-state index >= 15 is 0 Å². The predicted molar refractivity (Wildman–Crippen MR) is 74.0 cm³/mol. The van der Waals surface area contributed by atoms with Crippen LogP contribution in [0.1, 0.15) is 43.8 Å². The molecule has 19 heavy (non-hydrogen) atoms. The molecule has 4 nitrogen and oxygen atoms in total. The van der Waals surface area contributed by atoms with Crippen LogP contribution in [0.5, 0.6) is 5.75 Å². The van der Waals surface area contributed by atoms with Crippen molar-refractivity contribution in [3.63, 3.8) is 0 Å². The second kappa shape index (κ2) is 6.37. The van der Waals surface area contributed by atoms with Gasteiger partial charge < -0.3 is 20.7 Å². The van der Waals surface area contributed by atoms with Crippen molar-refractivity contribution in [3.8, 4) is 5.75 Å². The van der Waals surface area contributed by atoms with E-state index < -0.39 is 11.7 Å². The summed E-state index contributed by atoms with van der Waals surface area (Å²) in [4.78, 5) is 0. The fourth-order valence-electron chi connectivity index (χ4n) is 2.53. The fourth-order valence-corrected chi connectivity index (χ4v) is 2.53. The summed E-state index contributed by atoms with van der Waals surface area (Å²) in [5.41, 5.74) is 5.57. The van der Waals surface area contributed by atoms with E-state index in [-0.39, 0.29) is 0 Å². The molecule has 1 aliphatic rings. The zero-order valence-electron chi connectivity index (χ0n) is 11.2. The quantitative estimate of drug-likeness (QED) is 0.732. The highest BCUT2D eigenvalue weighted by Crippen LogP contribution is 2.30. The number of hydrogen-bond acceptors (Lipinski definition) is 4. The molecule has 2 rings (SSSR count). The Balaban J connectivity index is 1.95. The van der Waals surface area contributed by atoms with Gasteiger partial charge in [-0.2, -0.15) is 0 Å². The lowest BCUT2D eigenvalue weighted by Gasteiger charge is -2.22. The standard InChI is InChI=1S/C15H23NO3/c16-9-6-14(17)12-4-3-5-13(10-12)19-11-15(18)7-1-2-8-15/h3-5,10,14,17-18H,1-2,6-9,11,16H2/t14-/m0/s1. The van der Waals surface area contributed by atoms with Crippen molar-refractivity contribution in [2.24, 2.45) is 5.73 Å². The van der Waals surface area contributed by atoms with Crippen molar-refractivity contribution in [2.75, 3.05) is 13.2 Å². The van der Waals surface area contributed by atoms with Crippen molar-refractivity contribution in [3.05, 3.63) is 29.8 Å². The Hall–Kier alpha value is -1.10. The Morgan fingerprint density at radius 2 is 2.05 bits per heavy atom. The minimum atomic E-state index is -0.675. The minimum Gasteiger partial charge on any atom is -0.491 e. The first-order valence-electron chi connectivity index (χ1n) is 6.96. The zero-order valence-corrected chi connectivity index (χ0v) is 11.2. The van der Waals surface area contributed by atoms with Crippen LogP contribution in [0.2, 0.25) is 0 Å². The van der Waals surface area contributed by atoms with Crippen molar-refractivity contribution in [1.82, 2.24) is 0 Å². The van der Waals surface area contributed by atoms with Crippen LogP contribution in [-0.2, 0) is 0 Å². The van der Waals surface area contributed by atoms with Crippen LogP contribution in [0.3, 0.4) is 0 Å². The summed E-state index contributed by atoms with van der Waals surface area (Å²) in [5.74, 6) is 0.689. The molecule has 1 saturated carbocycles. The van der Waals surface area contributed by atoms with Gasteiger partial charge in [0.05, 0.1) is 11.7 Å². The monoisotopic (exact) mass is 265 g/mol. The summed E-state index contributed by atoms with van der Waals surface area (Å²) in [6.45, 7) is 0.773. The van der Waals surface area contributed by atoms with Crippen LogP contribution < -0.4 is 10.5 Å². The molecule has 0 amide bonds. The third-order valence-corrected chi connectivity index (χ3v) is 3.72. The molecule has 4 N–H and O–H groups in total. The van der Waals surface area contributed by atoms with Crippen molar-refractivity contribution < 1.29 is 14.9 Å². The average Bonchev–Trinajstić information content (AvgIpc) is 2.85. The van der Waals surface area contributed by atoms with E-state index in [1.165, 1.54) is 0 Å². The van der Waals surface area contributed by atoms with Gasteiger partial charge in [0.15, 0.2) is 0 Å². The van der Waals surface area contributed by atoms with Gasteiger partial charge in [-0.1, -0.05) is 25.0 Å². The maximum absolute atomic E-state index is 10.2. The molecule has 106 valence electrons. The Kier molecular flexibility index (Phi) is 4.80. The number of benzene rings is 1. The van der Waals surface area contributed by atoms with E-state index in [0.29, 0.717) is 25.3 Å². The third-order valence-electron chi connectivity index (χ3n) is 3.72. The lowest BCUT2D eigenvalue weighted by molar-refractivity contribution is 0.00134. The minimum absolute atomic E-state index is 0.323. The van der Waals surface area contributed by atoms with E-state index in [4.69, 9.17) is 10.5 Å². The molecule has 1 aromatic rings. The molecule has 0 heterocycles. The molecular weight excluding hydrogens is 242 g/mol. The fraction of sp³-hybridized carbons (Fsp3) is 0.600. The molecule has 0 aliphatic heterocycles. The molecule has 0 aromatic heterocycles. The SMILES string of the molecule is NCC[C@H](O)c1cccc(OCC2(O)CCCC2)c1. The maximum atomic E-state index is 10.2. The van der Waals surface area contributed by atoms with Gasteiger partial charge in [-0.3, -0.25) is 0 Å². The van der Waals surface area contributed by atoms with Crippen LogP contribution in [0.4, 0.5) is 0 Å². The lowest BCUT2D eigenvalue weighted by Crippen LogP contribution is -2.32. The molecule has 0 saturated heterocycles. The molecule has 0 bridgehead atoms. The third kappa shape index (κ3) is 3.93. The molecule has 4 heteroatoms. The van der Waals surface area contributed by atoms with Gasteiger partial charge in [-0.25, -0.2) is 0 Å². The number of aliphatic hydroxyl groups is 2. The van der Waals surface area contributed by atoms with Crippen LogP contribution in [0.25, 0.3) is 0 Å². The van der Waals surface area contributed by atoms with Crippen LogP contribution in [-0.4, -0.2) is 29.0 Å². The highest BCUT2D eigenvalue weighted by molar-refractivity contribution is 5.30. The van der Waals surface area contributed by atoms with Gasteiger partial charge in [0.1, 0.15) is 12.4 Å². The van der Waals surface area contributed by atoms with Crippen molar-refractivity contribution >= 4 is 0 Å². The second-order valence-electron chi connectivity index (χ2n) is 5.39. The molecule has 0 unspecified atom stereocenters. The molecular formula is C15H23NO3. The summed E-state index contributed by atoms with van der Waals surface area (Å²) >= 11 is 0. The lowest BCUT2D eigenvalue weighted by atomic mass is 10.0. The van der Waals surface area contributed by atoms with E-state index in [2.05, 4.69) is 0 Å². The average molecular weight is 265 g/mol. The summed E-state index contributed by atoms with van der Waals surface area (Å²) in [7, 11) is 0. The first-order valence-corrected chi connectivity index (χ1v) is 6.96. The first kappa shape index (κ1) is 14.3. The molecule has 1 aliphatic carbocycles. The summed E-state index contributed by atoms with van der Waals surface area (Å²) in [5, 5.41) is 20.1. The van der Waals surface area contributed by atoms with Gasteiger partial charge >= 0.3 is 0 Å². The van der Waals surface area contributed by atoms with Crippen LogP contribution in [0, 0.1) is 0 Å². The first-order chi connectivity index (χ1) is 9.13. The highest BCUT2D eigenvalue weighted by atomic mass is 16.5. The van der Waals surface area contributed by atoms with Crippen LogP contribution in [0.15, 0.2) is 24.3 Å². The molecule has 1 fully saturated rings. The number of hydrogen-bond donors (Lipinski definition) is 3. The zero-order chi connectivity index (χ0) is 13.7. The Morgan fingerprint density at radius 3 is 2.74 bits per heavy atom. The number of ether oxygens (including phenoxy) is 1. The summed E-state index contributed by atoms with van der Waals surface area (Å²) in [6.07, 6.45) is 3.73. The maximum Gasteiger partial charge on any atom is 0.119 e. The second-order valence-corrected chi connectivity index (χ2v) is 5.39. The Bertz CT molecular complexity index is 402. The van der Waals surface area contributed by atoms with Crippen LogP contribution >= 0.6 is 0 Å².